The van der Waals surface area contributed by atoms with Crippen LogP contribution in [0.2, 0.25) is 0 Å². The van der Waals surface area contributed by atoms with Crippen LogP contribution in [-0.4, -0.2) is 11.1 Å². The summed E-state index contributed by atoms with van der Waals surface area (Å²) < 4.78 is 1.79. The summed E-state index contributed by atoms with van der Waals surface area (Å²) in [6.45, 7) is 0. The van der Waals surface area contributed by atoms with Gasteiger partial charge < -0.3 is 10.8 Å². The Morgan fingerprint density at radius 1 is 1.43 bits per heavy atom. The number of benzene rings is 1. The van der Waals surface area contributed by atoms with Crippen molar-refractivity contribution in [1.82, 2.24) is 0 Å². The van der Waals surface area contributed by atoms with E-state index in [0.29, 0.717) is 0 Å². The van der Waals surface area contributed by atoms with E-state index in [4.69, 9.17) is 10.8 Å². The molecule has 0 fully saturated rings. The fourth-order valence-corrected chi connectivity index (χ4v) is 1.69. The van der Waals surface area contributed by atoms with Crippen molar-refractivity contribution in [3.63, 3.8) is 0 Å². The van der Waals surface area contributed by atoms with Crippen molar-refractivity contribution in [2.45, 2.75) is 12.5 Å². The number of nitrogens with two attached hydrogens (primary N) is 1. The smallest absolute Gasteiger partial charge is 0.305 e. The number of carboxylic acids is 1. The van der Waals surface area contributed by atoms with Crippen molar-refractivity contribution in [2.24, 2.45) is 5.73 Å². The molecule has 0 aromatic heterocycles. The molecule has 1 rings (SSSR count). The molecule has 0 aliphatic rings. The number of hydrogen-bond acceptors (Lipinski definition) is 2. The van der Waals surface area contributed by atoms with Gasteiger partial charge in [0.05, 0.1) is 6.42 Å². The molecular formula is C9H9Br2NO2. The Balaban J connectivity index is 2.85. The monoisotopic (exact) mass is 321 g/mol. The lowest BCUT2D eigenvalue weighted by Crippen LogP contribution is -2.14. The minimum absolute atomic E-state index is 0.0614. The van der Waals surface area contributed by atoms with Gasteiger partial charge in [0.1, 0.15) is 0 Å². The predicted octanol–water partition coefficient (Wildman–Crippen LogP) is 2.69. The van der Waals surface area contributed by atoms with Crippen molar-refractivity contribution in [3.8, 4) is 0 Å². The Labute approximate surface area is 98.6 Å². The molecule has 14 heavy (non-hydrogen) atoms. The van der Waals surface area contributed by atoms with E-state index >= 15 is 0 Å². The lowest BCUT2D eigenvalue weighted by Gasteiger charge is -2.10. The highest BCUT2D eigenvalue weighted by Crippen LogP contribution is 2.26. The molecule has 0 saturated heterocycles. The molecule has 0 amide bonds. The van der Waals surface area contributed by atoms with Gasteiger partial charge in [0.15, 0.2) is 0 Å². The number of aliphatic carboxylic acids is 1. The van der Waals surface area contributed by atoms with Crippen LogP contribution >= 0.6 is 31.9 Å². The maximum absolute atomic E-state index is 10.4. The quantitative estimate of drug-likeness (QED) is 0.899. The molecule has 1 atom stereocenters. The third-order valence-electron chi connectivity index (χ3n) is 1.77. The second kappa shape index (κ2) is 4.91. The average Bonchev–Trinajstić information content (AvgIpc) is 2.08. The maximum atomic E-state index is 10.4. The van der Waals surface area contributed by atoms with Gasteiger partial charge in [-0.3, -0.25) is 4.79 Å². The summed E-state index contributed by atoms with van der Waals surface area (Å²) in [6, 6.07) is 5.00. The van der Waals surface area contributed by atoms with Gasteiger partial charge in [0, 0.05) is 15.0 Å². The Morgan fingerprint density at radius 3 is 2.57 bits per heavy atom. The highest BCUT2D eigenvalue weighted by Gasteiger charge is 2.11. The first kappa shape index (κ1) is 11.7. The predicted molar refractivity (Wildman–Crippen MR) is 61.0 cm³/mol. The van der Waals surface area contributed by atoms with Gasteiger partial charge in [-0.15, -0.1) is 0 Å². The van der Waals surface area contributed by atoms with Crippen LogP contribution in [0.5, 0.6) is 0 Å². The molecule has 0 radical (unpaired) electrons. The molecule has 0 spiro atoms. The number of carbonyl (C=O) groups is 1. The van der Waals surface area contributed by atoms with E-state index in [0.717, 1.165) is 14.5 Å². The molecule has 3 nitrogen and oxygen atoms in total. The summed E-state index contributed by atoms with van der Waals surface area (Å²) in [4.78, 5) is 10.4. The van der Waals surface area contributed by atoms with E-state index in [1.54, 1.807) is 0 Å². The summed E-state index contributed by atoms with van der Waals surface area (Å²) >= 11 is 6.66. The van der Waals surface area contributed by atoms with Crippen LogP contribution in [0.1, 0.15) is 18.0 Å². The molecule has 0 bridgehead atoms. The number of rotatable bonds is 3. The summed E-state index contributed by atoms with van der Waals surface area (Å²) in [7, 11) is 0. The van der Waals surface area contributed by atoms with Crippen LogP contribution in [0.15, 0.2) is 27.1 Å². The van der Waals surface area contributed by atoms with E-state index in [2.05, 4.69) is 31.9 Å². The fraction of sp³-hybridized carbons (Fsp3) is 0.222. The van der Waals surface area contributed by atoms with E-state index in [1.807, 2.05) is 18.2 Å². The molecule has 5 heteroatoms. The first-order chi connectivity index (χ1) is 6.50. The van der Waals surface area contributed by atoms with Crippen molar-refractivity contribution in [2.75, 3.05) is 0 Å². The van der Waals surface area contributed by atoms with Crippen LogP contribution in [0.4, 0.5) is 0 Å². The molecular weight excluding hydrogens is 314 g/mol. The SMILES string of the molecule is NC(CC(=O)O)c1ccc(Br)c(Br)c1. The van der Waals surface area contributed by atoms with E-state index in [-0.39, 0.29) is 6.42 Å². The van der Waals surface area contributed by atoms with Crippen LogP contribution in [-0.2, 0) is 4.79 Å². The molecule has 1 aromatic carbocycles. The summed E-state index contributed by atoms with van der Waals surface area (Å²) in [5, 5.41) is 8.57. The Kier molecular flexibility index (Phi) is 4.10. The zero-order valence-corrected chi connectivity index (χ0v) is 10.4. The Morgan fingerprint density at radius 2 is 2.07 bits per heavy atom. The fourth-order valence-electron chi connectivity index (χ4n) is 1.05. The van der Waals surface area contributed by atoms with Crippen LogP contribution < -0.4 is 5.73 Å². The molecule has 76 valence electrons. The number of halogens is 2. The van der Waals surface area contributed by atoms with Crippen LogP contribution in [0, 0.1) is 0 Å². The normalized spacial score (nSPS) is 12.5. The van der Waals surface area contributed by atoms with Gasteiger partial charge in [-0.2, -0.15) is 0 Å². The van der Waals surface area contributed by atoms with Gasteiger partial charge in [-0.05, 0) is 49.6 Å². The number of hydrogen-bond donors (Lipinski definition) is 2. The van der Waals surface area contributed by atoms with Crippen molar-refractivity contribution in [3.05, 3.63) is 32.7 Å². The molecule has 0 aliphatic carbocycles. The third kappa shape index (κ3) is 3.08. The van der Waals surface area contributed by atoms with Gasteiger partial charge >= 0.3 is 5.97 Å². The second-order valence-corrected chi connectivity index (χ2v) is 4.59. The Bertz CT molecular complexity index is 355. The molecule has 0 saturated carbocycles. The van der Waals surface area contributed by atoms with E-state index in [1.165, 1.54) is 0 Å². The topological polar surface area (TPSA) is 63.3 Å². The zero-order valence-electron chi connectivity index (χ0n) is 7.21. The van der Waals surface area contributed by atoms with Gasteiger partial charge in [-0.25, -0.2) is 0 Å². The summed E-state index contributed by atoms with van der Waals surface area (Å²) in [5.41, 5.74) is 6.51. The largest absolute Gasteiger partial charge is 0.481 e. The standard InChI is InChI=1S/C9H9Br2NO2/c10-6-2-1-5(3-7(6)11)8(12)4-9(13)14/h1-3,8H,4,12H2,(H,13,14). The lowest BCUT2D eigenvalue weighted by atomic mass is 10.1. The third-order valence-corrected chi connectivity index (χ3v) is 3.65. The molecule has 3 N–H and O–H groups in total. The van der Waals surface area contributed by atoms with Crippen molar-refractivity contribution >= 4 is 37.8 Å². The van der Waals surface area contributed by atoms with Crippen LogP contribution in [0.3, 0.4) is 0 Å². The van der Waals surface area contributed by atoms with Crippen molar-refractivity contribution < 1.29 is 9.90 Å². The summed E-state index contributed by atoms with van der Waals surface area (Å²) in [6.07, 6.45) is -0.0614. The highest BCUT2D eigenvalue weighted by molar-refractivity contribution is 9.13. The first-order valence-corrected chi connectivity index (χ1v) is 5.51. The zero-order chi connectivity index (χ0) is 10.7. The van der Waals surface area contributed by atoms with Gasteiger partial charge in [-0.1, -0.05) is 6.07 Å². The minimum Gasteiger partial charge on any atom is -0.481 e. The average molecular weight is 323 g/mol. The summed E-state index contributed by atoms with van der Waals surface area (Å²) in [5.74, 6) is -0.892. The first-order valence-electron chi connectivity index (χ1n) is 3.93. The maximum Gasteiger partial charge on any atom is 0.305 e. The molecule has 1 aromatic rings. The lowest BCUT2D eigenvalue weighted by molar-refractivity contribution is -0.137. The molecule has 0 heterocycles. The second-order valence-electron chi connectivity index (χ2n) is 2.88. The number of carboxylic acid groups (broad SMARTS) is 1. The molecule has 0 aliphatic heterocycles. The van der Waals surface area contributed by atoms with Gasteiger partial charge in [0.2, 0.25) is 0 Å². The van der Waals surface area contributed by atoms with E-state index in [9.17, 15) is 4.79 Å². The van der Waals surface area contributed by atoms with Crippen LogP contribution in [0.25, 0.3) is 0 Å². The highest BCUT2D eigenvalue weighted by atomic mass is 79.9. The van der Waals surface area contributed by atoms with Crippen molar-refractivity contribution in [1.29, 1.82) is 0 Å². The van der Waals surface area contributed by atoms with E-state index < -0.39 is 12.0 Å². The minimum atomic E-state index is -0.892. The Hall–Kier alpha value is -0.390. The molecule has 1 unspecified atom stereocenters. The van der Waals surface area contributed by atoms with Gasteiger partial charge in [0.25, 0.3) is 0 Å².